The van der Waals surface area contributed by atoms with Gasteiger partial charge in [-0.05, 0) is 13.8 Å². The Balaban J connectivity index is 4.28. The number of carbonyl (C=O) groups excluding carboxylic acids is 1. The molecule has 104 valence electrons. The largest absolute Gasteiger partial charge is 0.481 e. The first-order chi connectivity index (χ1) is 8.47. The van der Waals surface area contributed by atoms with Crippen LogP contribution < -0.4 is 0 Å². The molecule has 0 aliphatic heterocycles. The zero-order valence-electron chi connectivity index (χ0n) is 10.9. The smallest absolute Gasteiger partial charge is 0.305 e. The van der Waals surface area contributed by atoms with Crippen LogP contribution in [0.25, 0.3) is 0 Å². The maximum atomic E-state index is 11.8. The molecule has 0 spiro atoms. The standard InChI is InChI=1S/C12H21NO5/c1-10(2)9-11(15)13(4-3-12(16)17)5-7-18-8-6-14/h9,14H,3-8H2,1-2H3,(H,16,17). The van der Waals surface area contributed by atoms with Crippen molar-refractivity contribution in [2.24, 2.45) is 0 Å². The van der Waals surface area contributed by atoms with Crippen LogP contribution >= 0.6 is 0 Å². The molecule has 0 aliphatic carbocycles. The molecule has 0 aromatic carbocycles. The van der Waals surface area contributed by atoms with E-state index in [0.29, 0.717) is 6.54 Å². The molecular weight excluding hydrogens is 238 g/mol. The second-order valence-corrected chi connectivity index (χ2v) is 4.03. The summed E-state index contributed by atoms with van der Waals surface area (Å²) in [5.74, 6) is -1.16. The molecule has 0 radical (unpaired) electrons. The van der Waals surface area contributed by atoms with Crippen molar-refractivity contribution < 1.29 is 24.5 Å². The highest BCUT2D eigenvalue weighted by molar-refractivity contribution is 5.88. The Morgan fingerprint density at radius 1 is 1.22 bits per heavy atom. The maximum absolute atomic E-state index is 11.8. The number of aliphatic hydroxyl groups is 1. The number of allylic oxidation sites excluding steroid dienone is 1. The fraction of sp³-hybridized carbons (Fsp3) is 0.667. The molecule has 0 rings (SSSR count). The summed E-state index contributed by atoms with van der Waals surface area (Å²) in [7, 11) is 0. The molecular formula is C12H21NO5. The number of ether oxygens (including phenoxy) is 1. The molecule has 1 amide bonds. The highest BCUT2D eigenvalue weighted by Gasteiger charge is 2.12. The summed E-state index contributed by atoms with van der Waals surface area (Å²) >= 11 is 0. The Labute approximate surface area is 107 Å². The minimum atomic E-state index is -0.943. The predicted octanol–water partition coefficient (Wildman–Crippen LogP) is 0.265. The lowest BCUT2D eigenvalue weighted by molar-refractivity contribution is -0.138. The van der Waals surface area contributed by atoms with Gasteiger partial charge in [-0.3, -0.25) is 9.59 Å². The van der Waals surface area contributed by atoms with E-state index in [-0.39, 0.29) is 38.7 Å². The van der Waals surface area contributed by atoms with E-state index < -0.39 is 5.97 Å². The maximum Gasteiger partial charge on any atom is 0.305 e. The van der Waals surface area contributed by atoms with Crippen molar-refractivity contribution in [2.45, 2.75) is 20.3 Å². The van der Waals surface area contributed by atoms with Crippen molar-refractivity contribution in [3.63, 3.8) is 0 Å². The van der Waals surface area contributed by atoms with Crippen LogP contribution in [-0.2, 0) is 14.3 Å². The first kappa shape index (κ1) is 16.6. The summed E-state index contributed by atoms with van der Waals surface area (Å²) in [6, 6.07) is 0. The van der Waals surface area contributed by atoms with Gasteiger partial charge in [0.05, 0.1) is 26.2 Å². The van der Waals surface area contributed by atoms with E-state index in [4.69, 9.17) is 14.9 Å². The molecule has 2 N–H and O–H groups in total. The average Bonchev–Trinajstić information content (AvgIpc) is 2.26. The van der Waals surface area contributed by atoms with Crippen molar-refractivity contribution >= 4 is 11.9 Å². The number of hydrogen-bond donors (Lipinski definition) is 2. The van der Waals surface area contributed by atoms with E-state index in [1.165, 1.54) is 11.0 Å². The van der Waals surface area contributed by atoms with E-state index >= 15 is 0 Å². The third kappa shape index (κ3) is 8.72. The third-order valence-electron chi connectivity index (χ3n) is 2.06. The van der Waals surface area contributed by atoms with Gasteiger partial charge in [0.1, 0.15) is 0 Å². The second kappa shape index (κ2) is 9.61. The predicted molar refractivity (Wildman–Crippen MR) is 66.2 cm³/mol. The summed E-state index contributed by atoms with van der Waals surface area (Å²) in [6.07, 6.45) is 1.37. The quantitative estimate of drug-likeness (QED) is 0.458. The number of rotatable bonds is 9. The second-order valence-electron chi connectivity index (χ2n) is 4.03. The first-order valence-electron chi connectivity index (χ1n) is 5.81. The zero-order valence-corrected chi connectivity index (χ0v) is 10.9. The zero-order chi connectivity index (χ0) is 14.0. The van der Waals surface area contributed by atoms with Crippen molar-refractivity contribution in [3.05, 3.63) is 11.6 Å². The van der Waals surface area contributed by atoms with Crippen LogP contribution in [0.2, 0.25) is 0 Å². The summed E-state index contributed by atoms with van der Waals surface area (Å²) in [5.41, 5.74) is 0.858. The van der Waals surface area contributed by atoms with E-state index in [1.807, 2.05) is 0 Å². The molecule has 0 saturated carbocycles. The number of amides is 1. The van der Waals surface area contributed by atoms with Crippen molar-refractivity contribution in [3.8, 4) is 0 Å². The molecule has 0 aliphatic rings. The Morgan fingerprint density at radius 3 is 2.39 bits per heavy atom. The molecule has 6 heteroatoms. The van der Waals surface area contributed by atoms with Gasteiger partial charge in [0.25, 0.3) is 0 Å². The normalized spacial score (nSPS) is 9.94. The number of nitrogens with zero attached hydrogens (tertiary/aromatic N) is 1. The number of aliphatic carboxylic acids is 1. The molecule has 6 nitrogen and oxygen atoms in total. The van der Waals surface area contributed by atoms with Gasteiger partial charge >= 0.3 is 5.97 Å². The van der Waals surface area contributed by atoms with Gasteiger partial charge in [-0.2, -0.15) is 0 Å². The Kier molecular flexibility index (Phi) is 8.86. The summed E-state index contributed by atoms with van der Waals surface area (Å²) < 4.78 is 5.06. The fourth-order valence-electron chi connectivity index (χ4n) is 1.24. The van der Waals surface area contributed by atoms with E-state index in [0.717, 1.165) is 5.57 Å². The number of carboxylic acids is 1. The lowest BCUT2D eigenvalue weighted by Gasteiger charge is -2.20. The summed E-state index contributed by atoms with van der Waals surface area (Å²) in [5, 5.41) is 17.2. The minimum Gasteiger partial charge on any atom is -0.481 e. The van der Waals surface area contributed by atoms with Gasteiger partial charge in [0.2, 0.25) is 5.91 Å². The van der Waals surface area contributed by atoms with E-state index in [9.17, 15) is 9.59 Å². The highest BCUT2D eigenvalue weighted by Crippen LogP contribution is 1.98. The molecule has 0 atom stereocenters. The summed E-state index contributed by atoms with van der Waals surface area (Å²) in [4.78, 5) is 23.7. The van der Waals surface area contributed by atoms with Crippen LogP contribution in [0.3, 0.4) is 0 Å². The van der Waals surface area contributed by atoms with Gasteiger partial charge < -0.3 is 19.8 Å². The molecule has 0 aromatic rings. The van der Waals surface area contributed by atoms with Gasteiger partial charge in [-0.25, -0.2) is 0 Å². The third-order valence-corrected chi connectivity index (χ3v) is 2.06. The first-order valence-corrected chi connectivity index (χ1v) is 5.81. The lowest BCUT2D eigenvalue weighted by Crippen LogP contribution is -2.35. The van der Waals surface area contributed by atoms with Crippen molar-refractivity contribution in [2.75, 3.05) is 32.9 Å². The van der Waals surface area contributed by atoms with Crippen molar-refractivity contribution in [1.82, 2.24) is 4.90 Å². The molecule has 0 saturated heterocycles. The molecule has 18 heavy (non-hydrogen) atoms. The van der Waals surface area contributed by atoms with Crippen LogP contribution in [0, 0.1) is 0 Å². The highest BCUT2D eigenvalue weighted by atomic mass is 16.5. The SMILES string of the molecule is CC(C)=CC(=O)N(CCOCCO)CCC(=O)O. The number of carboxylic acid groups (broad SMARTS) is 1. The van der Waals surface area contributed by atoms with Crippen LogP contribution in [0.1, 0.15) is 20.3 Å². The molecule has 0 heterocycles. The minimum absolute atomic E-state index is 0.0724. The Hall–Kier alpha value is -1.40. The molecule has 0 unspecified atom stereocenters. The van der Waals surface area contributed by atoms with Crippen LogP contribution in [0.15, 0.2) is 11.6 Å². The monoisotopic (exact) mass is 259 g/mol. The molecule has 0 fully saturated rings. The topological polar surface area (TPSA) is 87.1 Å². The van der Waals surface area contributed by atoms with Gasteiger partial charge in [-0.1, -0.05) is 5.57 Å². The molecule has 0 aromatic heterocycles. The van der Waals surface area contributed by atoms with Gasteiger partial charge in [0.15, 0.2) is 0 Å². The van der Waals surface area contributed by atoms with Crippen molar-refractivity contribution in [1.29, 1.82) is 0 Å². The lowest BCUT2D eigenvalue weighted by atomic mass is 10.3. The van der Waals surface area contributed by atoms with Gasteiger partial charge in [-0.15, -0.1) is 0 Å². The Morgan fingerprint density at radius 2 is 1.89 bits per heavy atom. The Bertz CT molecular complexity index is 297. The average molecular weight is 259 g/mol. The number of aliphatic hydroxyl groups excluding tert-OH is 1. The van der Waals surface area contributed by atoms with Crippen LogP contribution in [-0.4, -0.2) is 59.9 Å². The molecule has 0 bridgehead atoms. The van der Waals surface area contributed by atoms with E-state index in [2.05, 4.69) is 0 Å². The van der Waals surface area contributed by atoms with Gasteiger partial charge in [0, 0.05) is 19.2 Å². The number of carbonyl (C=O) groups is 2. The summed E-state index contributed by atoms with van der Waals surface area (Å²) in [6.45, 7) is 4.49. The van der Waals surface area contributed by atoms with Crippen LogP contribution in [0.5, 0.6) is 0 Å². The van der Waals surface area contributed by atoms with E-state index in [1.54, 1.807) is 13.8 Å². The number of hydrogen-bond acceptors (Lipinski definition) is 4. The van der Waals surface area contributed by atoms with Crippen LogP contribution in [0.4, 0.5) is 0 Å². The fourth-order valence-corrected chi connectivity index (χ4v) is 1.24.